The Kier molecular flexibility index (Phi) is 6.56. The Balaban J connectivity index is 1.40. The standard InChI is InChI=1S/C31H28N2O6S/c1-20(2)22-8-11-25(12-9-22)33-30(34)17-27(31(33)35)32(18-21-7-14-28-29(15-21)39-19-38-28)40(36,37)26-13-10-23-5-3-4-6-24(23)16-26/h3-16,20,27H,17-19H2,1-2H3. The average Bonchev–Trinajstić information content (AvgIpc) is 3.54. The maximum atomic E-state index is 14.2. The zero-order chi connectivity index (χ0) is 28.0. The SMILES string of the molecule is CC(C)c1ccc(N2C(=O)CC(N(Cc3ccc4c(c3)OCO4)S(=O)(=O)c3ccc4ccccc4c3)C2=O)cc1. The smallest absolute Gasteiger partial charge is 0.252 e. The van der Waals surface area contributed by atoms with Crippen LogP contribution in [0.4, 0.5) is 5.69 Å². The van der Waals surface area contributed by atoms with Gasteiger partial charge in [0.15, 0.2) is 11.5 Å². The molecule has 1 unspecified atom stereocenters. The highest BCUT2D eigenvalue weighted by atomic mass is 32.2. The first-order chi connectivity index (χ1) is 19.2. The first kappa shape index (κ1) is 26.0. The van der Waals surface area contributed by atoms with E-state index in [1.807, 2.05) is 36.4 Å². The third kappa shape index (κ3) is 4.61. The molecule has 1 atom stereocenters. The Labute approximate surface area is 232 Å². The molecule has 0 aliphatic carbocycles. The molecule has 0 aromatic heterocycles. The van der Waals surface area contributed by atoms with Crippen LogP contribution >= 0.6 is 0 Å². The van der Waals surface area contributed by atoms with Gasteiger partial charge in [0.25, 0.3) is 5.91 Å². The van der Waals surface area contributed by atoms with E-state index in [4.69, 9.17) is 9.47 Å². The zero-order valence-electron chi connectivity index (χ0n) is 22.1. The van der Waals surface area contributed by atoms with Crippen molar-refractivity contribution in [2.24, 2.45) is 0 Å². The molecular formula is C31H28N2O6S. The minimum atomic E-state index is -4.21. The molecule has 0 bridgehead atoms. The van der Waals surface area contributed by atoms with E-state index >= 15 is 0 Å². The van der Waals surface area contributed by atoms with Crippen LogP contribution < -0.4 is 14.4 Å². The van der Waals surface area contributed by atoms with Gasteiger partial charge in [0, 0.05) is 6.54 Å². The maximum Gasteiger partial charge on any atom is 0.252 e. The number of carbonyl (C=O) groups is 2. The van der Waals surface area contributed by atoms with E-state index in [2.05, 4.69) is 13.8 Å². The molecule has 2 aliphatic rings. The molecule has 4 aromatic rings. The summed E-state index contributed by atoms with van der Waals surface area (Å²) in [6.07, 6.45) is -0.262. The van der Waals surface area contributed by atoms with E-state index in [-0.39, 0.29) is 30.6 Å². The van der Waals surface area contributed by atoms with Gasteiger partial charge in [-0.2, -0.15) is 4.31 Å². The Hall–Kier alpha value is -4.21. The Morgan fingerprint density at radius 1 is 0.875 bits per heavy atom. The van der Waals surface area contributed by atoms with Gasteiger partial charge < -0.3 is 9.47 Å². The number of anilines is 1. The largest absolute Gasteiger partial charge is 0.454 e. The lowest BCUT2D eigenvalue weighted by Gasteiger charge is -2.27. The molecule has 6 rings (SSSR count). The second kappa shape index (κ2) is 10.1. The molecule has 1 saturated heterocycles. The van der Waals surface area contributed by atoms with Crippen molar-refractivity contribution in [3.8, 4) is 11.5 Å². The van der Waals surface area contributed by atoms with Crippen molar-refractivity contribution in [2.45, 2.75) is 43.7 Å². The minimum absolute atomic E-state index is 0.0481. The summed E-state index contributed by atoms with van der Waals surface area (Å²) in [6.45, 7) is 4.07. The van der Waals surface area contributed by atoms with Crippen molar-refractivity contribution in [3.05, 3.63) is 96.1 Å². The molecule has 2 aliphatic heterocycles. The van der Waals surface area contributed by atoms with E-state index in [1.165, 1.54) is 6.07 Å². The van der Waals surface area contributed by atoms with Crippen LogP contribution in [0.5, 0.6) is 11.5 Å². The van der Waals surface area contributed by atoms with Gasteiger partial charge in [0.2, 0.25) is 22.7 Å². The number of nitrogens with zero attached hydrogens (tertiary/aromatic N) is 2. The predicted octanol–water partition coefficient (Wildman–Crippen LogP) is 5.21. The topological polar surface area (TPSA) is 93.2 Å². The Morgan fingerprint density at radius 2 is 1.60 bits per heavy atom. The molecule has 0 N–H and O–H groups in total. The van der Waals surface area contributed by atoms with Gasteiger partial charge in [-0.05, 0) is 64.2 Å². The number of hydrogen-bond donors (Lipinski definition) is 0. The van der Waals surface area contributed by atoms with E-state index in [1.54, 1.807) is 42.5 Å². The number of sulfonamides is 1. The third-order valence-corrected chi connectivity index (χ3v) is 9.24. The molecule has 40 heavy (non-hydrogen) atoms. The van der Waals surface area contributed by atoms with Crippen molar-refractivity contribution in [1.82, 2.24) is 4.31 Å². The number of hydrogen-bond acceptors (Lipinski definition) is 6. The molecule has 0 radical (unpaired) electrons. The number of rotatable bonds is 7. The van der Waals surface area contributed by atoms with Crippen LogP contribution in [0.2, 0.25) is 0 Å². The third-order valence-electron chi connectivity index (χ3n) is 7.39. The van der Waals surface area contributed by atoms with E-state index < -0.39 is 27.9 Å². The molecular weight excluding hydrogens is 528 g/mol. The average molecular weight is 557 g/mol. The molecule has 0 spiro atoms. The summed E-state index contributed by atoms with van der Waals surface area (Å²) in [6, 6.07) is 23.5. The fraction of sp³-hybridized carbons (Fsp3) is 0.226. The van der Waals surface area contributed by atoms with E-state index in [9.17, 15) is 18.0 Å². The number of benzene rings is 4. The van der Waals surface area contributed by atoms with Crippen molar-refractivity contribution in [3.63, 3.8) is 0 Å². The van der Waals surface area contributed by atoms with Crippen LogP contribution in [0.25, 0.3) is 10.8 Å². The lowest BCUT2D eigenvalue weighted by Crippen LogP contribution is -2.45. The van der Waals surface area contributed by atoms with Crippen molar-refractivity contribution in [2.75, 3.05) is 11.7 Å². The summed E-state index contributed by atoms with van der Waals surface area (Å²) in [5, 5.41) is 1.65. The molecule has 8 nitrogen and oxygen atoms in total. The first-order valence-electron chi connectivity index (χ1n) is 13.1. The van der Waals surface area contributed by atoms with Gasteiger partial charge >= 0.3 is 0 Å². The van der Waals surface area contributed by atoms with Crippen LogP contribution in [0, 0.1) is 0 Å². The minimum Gasteiger partial charge on any atom is -0.454 e. The summed E-state index contributed by atoms with van der Waals surface area (Å²) in [5.74, 6) is 0.331. The van der Waals surface area contributed by atoms with Crippen LogP contribution in [-0.2, 0) is 26.2 Å². The van der Waals surface area contributed by atoms with Gasteiger partial charge in [0.1, 0.15) is 6.04 Å². The monoisotopic (exact) mass is 556 g/mol. The van der Waals surface area contributed by atoms with Crippen LogP contribution in [-0.4, -0.2) is 37.4 Å². The quantitative estimate of drug-likeness (QED) is 0.290. The van der Waals surface area contributed by atoms with Gasteiger partial charge in [0.05, 0.1) is 17.0 Å². The lowest BCUT2D eigenvalue weighted by molar-refractivity contribution is -0.122. The highest BCUT2D eigenvalue weighted by Gasteiger charge is 2.47. The van der Waals surface area contributed by atoms with Crippen molar-refractivity contribution < 1.29 is 27.5 Å². The number of amides is 2. The first-order valence-corrected chi connectivity index (χ1v) is 14.5. The van der Waals surface area contributed by atoms with Gasteiger partial charge in [-0.3, -0.25) is 9.59 Å². The van der Waals surface area contributed by atoms with Gasteiger partial charge in [-0.25, -0.2) is 13.3 Å². The summed E-state index contributed by atoms with van der Waals surface area (Å²) in [7, 11) is -4.21. The summed E-state index contributed by atoms with van der Waals surface area (Å²) in [4.78, 5) is 28.2. The molecule has 0 saturated carbocycles. The lowest BCUT2D eigenvalue weighted by atomic mass is 10.0. The molecule has 204 valence electrons. The van der Waals surface area contributed by atoms with E-state index in [0.29, 0.717) is 22.7 Å². The highest BCUT2D eigenvalue weighted by molar-refractivity contribution is 7.89. The van der Waals surface area contributed by atoms with E-state index in [0.717, 1.165) is 25.5 Å². The summed E-state index contributed by atoms with van der Waals surface area (Å²) in [5.41, 5.74) is 2.10. The molecule has 9 heteroatoms. The van der Waals surface area contributed by atoms with Crippen LogP contribution in [0.15, 0.2) is 89.8 Å². The number of imide groups is 1. The molecule has 1 fully saturated rings. The van der Waals surface area contributed by atoms with Gasteiger partial charge in [-0.1, -0.05) is 62.4 Å². The van der Waals surface area contributed by atoms with Crippen molar-refractivity contribution in [1.29, 1.82) is 0 Å². The maximum absolute atomic E-state index is 14.2. The molecule has 2 amide bonds. The molecule has 2 heterocycles. The zero-order valence-corrected chi connectivity index (χ0v) is 22.9. The second-order valence-electron chi connectivity index (χ2n) is 10.3. The predicted molar refractivity (Wildman–Crippen MR) is 151 cm³/mol. The van der Waals surface area contributed by atoms with Gasteiger partial charge in [-0.15, -0.1) is 0 Å². The van der Waals surface area contributed by atoms with Crippen molar-refractivity contribution >= 4 is 38.3 Å². The number of fused-ring (bicyclic) bond motifs is 2. The summed E-state index contributed by atoms with van der Waals surface area (Å²) >= 11 is 0. The Morgan fingerprint density at radius 3 is 2.35 bits per heavy atom. The second-order valence-corrected chi connectivity index (χ2v) is 12.2. The number of ether oxygens (including phenoxy) is 2. The fourth-order valence-corrected chi connectivity index (χ4v) is 6.77. The number of carbonyl (C=O) groups excluding carboxylic acids is 2. The summed E-state index contributed by atoms with van der Waals surface area (Å²) < 4.78 is 40.4. The Bertz CT molecular complexity index is 1730. The molecule has 4 aromatic carbocycles. The van der Waals surface area contributed by atoms with Crippen LogP contribution in [0.3, 0.4) is 0 Å². The fourth-order valence-electron chi connectivity index (χ4n) is 5.17. The highest BCUT2D eigenvalue weighted by Crippen LogP contribution is 2.36. The van der Waals surface area contributed by atoms with Crippen LogP contribution in [0.1, 0.15) is 37.3 Å². The normalized spacial score (nSPS) is 17.0.